The van der Waals surface area contributed by atoms with Crippen molar-refractivity contribution in [3.05, 3.63) is 28.8 Å². The van der Waals surface area contributed by atoms with Crippen LogP contribution in [0, 0.1) is 5.92 Å². The number of alkyl halides is 3. The average molecular weight is 366 g/mol. The maximum atomic E-state index is 12.6. The van der Waals surface area contributed by atoms with Gasteiger partial charge in [-0.05, 0) is 39.0 Å². The van der Waals surface area contributed by atoms with Crippen molar-refractivity contribution in [3.8, 4) is 5.75 Å². The van der Waals surface area contributed by atoms with E-state index < -0.39 is 17.3 Å². The number of rotatable bonds is 3. The molecule has 1 fully saturated rings. The van der Waals surface area contributed by atoms with E-state index in [0.717, 1.165) is 12.1 Å². The average Bonchev–Trinajstić information content (AvgIpc) is 2.35. The van der Waals surface area contributed by atoms with Gasteiger partial charge in [-0.25, -0.2) is 4.79 Å². The van der Waals surface area contributed by atoms with Gasteiger partial charge < -0.3 is 14.4 Å². The monoisotopic (exact) mass is 365 g/mol. The summed E-state index contributed by atoms with van der Waals surface area (Å²) in [6, 6.07) is 2.97. The molecule has 0 radical (unpaired) electrons. The molecule has 134 valence electrons. The Bertz CT molecular complexity index is 608. The number of hydrogen-bond acceptors (Lipinski definition) is 3. The van der Waals surface area contributed by atoms with E-state index >= 15 is 0 Å². The molecule has 1 heterocycles. The van der Waals surface area contributed by atoms with Gasteiger partial charge in [0.1, 0.15) is 11.4 Å². The lowest BCUT2D eigenvalue weighted by Crippen LogP contribution is -2.53. The van der Waals surface area contributed by atoms with Crippen LogP contribution >= 0.6 is 11.6 Å². The molecule has 1 aliphatic rings. The second kappa shape index (κ2) is 6.70. The topological polar surface area (TPSA) is 38.8 Å². The first-order chi connectivity index (χ1) is 11.0. The highest BCUT2D eigenvalue weighted by atomic mass is 35.5. The van der Waals surface area contributed by atoms with Gasteiger partial charge in [-0.1, -0.05) is 11.6 Å². The Hall–Kier alpha value is -1.63. The van der Waals surface area contributed by atoms with E-state index in [4.69, 9.17) is 21.1 Å². The molecule has 4 nitrogen and oxygen atoms in total. The molecule has 1 aromatic carbocycles. The molecule has 1 aliphatic heterocycles. The second-order valence-corrected chi connectivity index (χ2v) is 7.11. The third kappa shape index (κ3) is 4.93. The fraction of sp³-hybridized carbons (Fsp3) is 0.562. The lowest BCUT2D eigenvalue weighted by atomic mass is 10.0. The lowest BCUT2D eigenvalue weighted by Gasteiger charge is -2.39. The molecule has 0 N–H and O–H groups in total. The summed E-state index contributed by atoms with van der Waals surface area (Å²) in [5, 5.41) is -0.0897. The first-order valence-electron chi connectivity index (χ1n) is 7.43. The Morgan fingerprint density at radius 2 is 1.92 bits per heavy atom. The smallest absolute Gasteiger partial charge is 0.416 e. The molecule has 8 heteroatoms. The van der Waals surface area contributed by atoms with Gasteiger partial charge in [0, 0.05) is 19.0 Å². The summed E-state index contributed by atoms with van der Waals surface area (Å²) in [6.45, 7) is 6.60. The van der Waals surface area contributed by atoms with E-state index in [9.17, 15) is 18.0 Å². The molecular formula is C16H19ClF3NO3. The summed E-state index contributed by atoms with van der Waals surface area (Å²) in [5.41, 5.74) is -1.37. The summed E-state index contributed by atoms with van der Waals surface area (Å²) in [4.78, 5) is 13.3. The standard InChI is InChI=1S/C16H19ClF3NO3/c1-15(2,3)24-14(22)21-7-10(8-21)9-23-13-5-4-11(6-12(13)17)16(18,19)20/h4-6,10H,7-9H2,1-3H3. The number of benzene rings is 1. The highest BCUT2D eigenvalue weighted by molar-refractivity contribution is 6.32. The summed E-state index contributed by atoms with van der Waals surface area (Å²) in [7, 11) is 0. The molecule has 0 bridgehead atoms. The van der Waals surface area contributed by atoms with E-state index in [2.05, 4.69) is 0 Å². The number of likely N-dealkylation sites (tertiary alicyclic amines) is 1. The van der Waals surface area contributed by atoms with E-state index in [1.807, 2.05) is 0 Å². The van der Waals surface area contributed by atoms with Crippen LogP contribution in [-0.4, -0.2) is 36.3 Å². The van der Waals surface area contributed by atoms with E-state index in [-0.39, 0.29) is 29.4 Å². The fourth-order valence-corrected chi connectivity index (χ4v) is 2.39. The van der Waals surface area contributed by atoms with Crippen LogP contribution in [0.3, 0.4) is 0 Å². The van der Waals surface area contributed by atoms with Crippen LogP contribution in [0.2, 0.25) is 5.02 Å². The van der Waals surface area contributed by atoms with Gasteiger partial charge in [0.05, 0.1) is 17.2 Å². The van der Waals surface area contributed by atoms with Crippen molar-refractivity contribution in [2.45, 2.75) is 32.5 Å². The predicted molar refractivity (Wildman–Crippen MR) is 83.2 cm³/mol. The van der Waals surface area contributed by atoms with Crippen LogP contribution in [0.5, 0.6) is 5.75 Å². The van der Waals surface area contributed by atoms with Crippen molar-refractivity contribution in [2.24, 2.45) is 5.92 Å². The summed E-state index contributed by atoms with van der Waals surface area (Å²) < 4.78 is 48.4. The quantitative estimate of drug-likeness (QED) is 0.785. The number of nitrogens with zero attached hydrogens (tertiary/aromatic N) is 1. The molecule has 1 saturated heterocycles. The number of amides is 1. The molecule has 1 aromatic rings. The van der Waals surface area contributed by atoms with Gasteiger partial charge >= 0.3 is 12.3 Å². The molecule has 0 aromatic heterocycles. The van der Waals surface area contributed by atoms with Gasteiger partial charge in [-0.2, -0.15) is 13.2 Å². The van der Waals surface area contributed by atoms with E-state index in [0.29, 0.717) is 13.1 Å². The highest BCUT2D eigenvalue weighted by Crippen LogP contribution is 2.35. The van der Waals surface area contributed by atoms with Crippen LogP contribution < -0.4 is 4.74 Å². The number of hydrogen-bond donors (Lipinski definition) is 0. The maximum Gasteiger partial charge on any atom is 0.416 e. The molecule has 0 spiro atoms. The predicted octanol–water partition coefficient (Wildman–Crippen LogP) is 4.60. The van der Waals surface area contributed by atoms with Crippen LogP contribution in [0.4, 0.5) is 18.0 Å². The van der Waals surface area contributed by atoms with Crippen LogP contribution in [-0.2, 0) is 10.9 Å². The molecular weight excluding hydrogens is 347 g/mol. The third-order valence-corrected chi connectivity index (χ3v) is 3.64. The van der Waals surface area contributed by atoms with Gasteiger partial charge in [0.25, 0.3) is 0 Å². The van der Waals surface area contributed by atoms with Crippen molar-refractivity contribution in [3.63, 3.8) is 0 Å². The minimum atomic E-state index is -4.44. The zero-order chi connectivity index (χ0) is 18.1. The normalized spacial score (nSPS) is 15.9. The lowest BCUT2D eigenvalue weighted by molar-refractivity contribution is -0.137. The van der Waals surface area contributed by atoms with Crippen LogP contribution in [0.1, 0.15) is 26.3 Å². The minimum absolute atomic E-state index is 0.0897. The van der Waals surface area contributed by atoms with Crippen molar-refractivity contribution >= 4 is 17.7 Å². The molecule has 1 amide bonds. The number of carbonyl (C=O) groups excluding carboxylic acids is 1. The summed E-state index contributed by atoms with van der Waals surface area (Å²) in [5.74, 6) is 0.288. The molecule has 0 aliphatic carbocycles. The molecule has 24 heavy (non-hydrogen) atoms. The molecule has 0 atom stereocenters. The molecule has 2 rings (SSSR count). The van der Waals surface area contributed by atoms with Crippen molar-refractivity contribution in [1.82, 2.24) is 4.90 Å². The SMILES string of the molecule is CC(C)(C)OC(=O)N1CC(COc2ccc(C(F)(F)F)cc2Cl)C1. The van der Waals surface area contributed by atoms with Crippen molar-refractivity contribution in [1.29, 1.82) is 0 Å². The van der Waals surface area contributed by atoms with Crippen molar-refractivity contribution in [2.75, 3.05) is 19.7 Å². The third-order valence-electron chi connectivity index (χ3n) is 3.34. The van der Waals surface area contributed by atoms with Gasteiger partial charge in [0.2, 0.25) is 0 Å². The highest BCUT2D eigenvalue weighted by Gasteiger charge is 2.34. The first-order valence-corrected chi connectivity index (χ1v) is 7.81. The largest absolute Gasteiger partial charge is 0.492 e. The Balaban J connectivity index is 1.81. The zero-order valence-corrected chi connectivity index (χ0v) is 14.4. The first kappa shape index (κ1) is 18.7. The van der Waals surface area contributed by atoms with E-state index in [1.54, 1.807) is 25.7 Å². The Morgan fingerprint density at radius 1 is 1.29 bits per heavy atom. The fourth-order valence-electron chi connectivity index (χ4n) is 2.15. The summed E-state index contributed by atoms with van der Waals surface area (Å²) in [6.07, 6.45) is -4.82. The van der Waals surface area contributed by atoms with Crippen LogP contribution in [0.15, 0.2) is 18.2 Å². The Kier molecular flexibility index (Phi) is 5.22. The van der Waals surface area contributed by atoms with Gasteiger partial charge in [-0.3, -0.25) is 0 Å². The molecule has 0 unspecified atom stereocenters. The second-order valence-electron chi connectivity index (χ2n) is 6.71. The number of halogens is 4. The van der Waals surface area contributed by atoms with Gasteiger partial charge in [-0.15, -0.1) is 0 Å². The van der Waals surface area contributed by atoms with Gasteiger partial charge in [0.15, 0.2) is 0 Å². The molecule has 0 saturated carbocycles. The zero-order valence-electron chi connectivity index (χ0n) is 13.6. The van der Waals surface area contributed by atoms with Crippen LogP contribution in [0.25, 0.3) is 0 Å². The van der Waals surface area contributed by atoms with Crippen molar-refractivity contribution < 1.29 is 27.4 Å². The summed E-state index contributed by atoms with van der Waals surface area (Å²) >= 11 is 5.82. The maximum absolute atomic E-state index is 12.6. The Labute approximate surface area is 143 Å². The number of carbonyl (C=O) groups is 1. The number of ether oxygens (including phenoxy) is 2. The Morgan fingerprint density at radius 3 is 2.42 bits per heavy atom. The minimum Gasteiger partial charge on any atom is -0.492 e. The van der Waals surface area contributed by atoms with E-state index in [1.165, 1.54) is 6.07 Å².